The highest BCUT2D eigenvalue weighted by Crippen LogP contribution is 2.27. The van der Waals surface area contributed by atoms with Crippen LogP contribution in [-0.2, 0) is 71.8 Å². The van der Waals surface area contributed by atoms with E-state index in [0.717, 1.165) is 32.1 Å². The van der Waals surface area contributed by atoms with Gasteiger partial charge in [-0.25, -0.2) is 0 Å². The molecule has 0 amide bonds. The molecule has 0 radical (unpaired) electrons. The van der Waals surface area contributed by atoms with Gasteiger partial charge < -0.3 is 35.0 Å². The smallest absolute Gasteiger partial charge is 0.313 e. The number of hydrogen-bond acceptors (Lipinski definition) is 17. The summed E-state index contributed by atoms with van der Waals surface area (Å²) in [6.45, 7) is 29.7. The highest BCUT2D eigenvalue weighted by molar-refractivity contribution is 7.99. The average molecular weight is 1400 g/mol. The lowest BCUT2D eigenvalue weighted by Gasteiger charge is -2.20. The summed E-state index contributed by atoms with van der Waals surface area (Å²) in [5.74, 6) is -3.59. The molecule has 0 bridgehead atoms. The molecule has 94 heavy (non-hydrogen) atoms. The number of thioether (sulfide) groups is 2. The number of carbonyl (C=O) groups is 13. The third-order valence-electron chi connectivity index (χ3n) is 14.0. The van der Waals surface area contributed by atoms with Crippen LogP contribution >= 0.6 is 23.5 Å². The van der Waals surface area contributed by atoms with Gasteiger partial charge in [-0.3, -0.25) is 62.3 Å². The van der Waals surface area contributed by atoms with Gasteiger partial charge in [-0.05, 0) is 57.8 Å². The Morgan fingerprint density at radius 2 is 0.521 bits per heavy atom. The molecular weight excluding hydrogens is 1250 g/mol. The van der Waals surface area contributed by atoms with E-state index in [1.54, 1.807) is 0 Å². The van der Waals surface area contributed by atoms with Crippen LogP contribution in [0.5, 0.6) is 0 Å². The molecule has 0 aliphatic rings. The number of carboxylic acids is 5. The number of Topliss-reactive ketones (excluding diaryl/α,β-unsaturated/α-hetero) is 8. The number of hydrogen-bond donors (Lipinski definition) is 5. The summed E-state index contributed by atoms with van der Waals surface area (Å²) in [7, 11) is 0. The van der Waals surface area contributed by atoms with E-state index in [1.807, 2.05) is 104 Å². The monoisotopic (exact) mass is 1400 g/mol. The van der Waals surface area contributed by atoms with E-state index in [-0.39, 0.29) is 194 Å². The molecule has 0 heterocycles. The maximum Gasteiger partial charge on any atom is 0.313 e. The zero-order valence-electron chi connectivity index (χ0n) is 52.3. The van der Waals surface area contributed by atoms with Gasteiger partial charge >= 0.3 is 29.8 Å². The molecule has 0 aromatic carbocycles. The van der Waals surface area contributed by atoms with E-state index >= 15 is 0 Å². The number of rotatable bonds is 44. The molecule has 20 nitrogen and oxygen atoms in total. The van der Waals surface area contributed by atoms with Crippen LogP contribution in [0, 0.1) is 27.1 Å². The van der Waals surface area contributed by atoms with Gasteiger partial charge in [0.25, 0.3) is 0 Å². The molecule has 572 valence electrons. The minimum Gasteiger partial charge on any atom is -0.481 e. The molecule has 0 saturated carbocycles. The Morgan fingerprint density at radius 1 is 0.287 bits per heavy atom. The van der Waals surface area contributed by atoms with Crippen LogP contribution in [-0.4, -0.2) is 138 Å². The Bertz CT molecular complexity index is 1990. The second-order valence-corrected chi connectivity index (χ2v) is 24.9. The SMILES string of the molecule is C.C.C.C.C.C.C.C.C.C.C.C.CCC(C)(C)C(=O)CCCC(=O)CC(=O)O.CCC(C)(C)C(=O)CCCC(=O)O.CCC(C)(C)C(=O)CCCCC(=O)CC(=O)O.CCC(C)(C)C(=O)CCOCSCC(=O)O.CCC(C)(C)C(=O)CCOCSCCC(=O)CC(=O)O. The predicted molar refractivity (Wildman–Crippen MR) is 400 cm³/mol. The van der Waals surface area contributed by atoms with Crippen LogP contribution in [0.1, 0.15) is 328 Å². The predicted octanol–water partition coefficient (Wildman–Crippen LogP) is 19.4. The van der Waals surface area contributed by atoms with E-state index < -0.39 is 49.1 Å². The minimum absolute atomic E-state index is 0. The largest absolute Gasteiger partial charge is 0.481 e. The highest BCUT2D eigenvalue weighted by Gasteiger charge is 2.28. The molecule has 22 heteroatoms. The van der Waals surface area contributed by atoms with Gasteiger partial charge in [0, 0.05) is 90.6 Å². The van der Waals surface area contributed by atoms with Crippen LogP contribution in [0.2, 0.25) is 0 Å². The Hall–Kier alpha value is -4.67. The second kappa shape index (κ2) is 74.1. The van der Waals surface area contributed by atoms with Crippen LogP contribution in [0.15, 0.2) is 0 Å². The van der Waals surface area contributed by atoms with Gasteiger partial charge in [-0.15, -0.1) is 23.5 Å². The molecule has 5 N–H and O–H groups in total. The van der Waals surface area contributed by atoms with Gasteiger partial charge in [0.2, 0.25) is 0 Å². The normalized spacial score (nSPS) is 9.86. The summed E-state index contributed by atoms with van der Waals surface area (Å²) in [4.78, 5) is 143. The summed E-state index contributed by atoms with van der Waals surface area (Å²) in [6, 6.07) is 0. The van der Waals surface area contributed by atoms with Crippen molar-refractivity contribution in [3.8, 4) is 0 Å². The molecule has 0 rings (SSSR count). The molecule has 0 saturated heterocycles. The number of ketones is 8. The first-order valence-electron chi connectivity index (χ1n) is 28.3. The third-order valence-corrected chi connectivity index (χ3v) is 15.6. The molecule has 0 spiro atoms. The number of aliphatic carboxylic acids is 5. The summed E-state index contributed by atoms with van der Waals surface area (Å²) < 4.78 is 10.5. The van der Waals surface area contributed by atoms with Crippen molar-refractivity contribution in [2.45, 2.75) is 328 Å². The highest BCUT2D eigenvalue weighted by atomic mass is 32.2. The van der Waals surface area contributed by atoms with E-state index in [0.29, 0.717) is 88.6 Å². The first-order chi connectivity index (χ1) is 37.7. The van der Waals surface area contributed by atoms with Crippen molar-refractivity contribution in [3.05, 3.63) is 0 Å². The molecule has 0 unspecified atom stereocenters. The van der Waals surface area contributed by atoms with E-state index in [9.17, 15) is 62.3 Å². The summed E-state index contributed by atoms with van der Waals surface area (Å²) >= 11 is 2.62. The van der Waals surface area contributed by atoms with Crippen molar-refractivity contribution in [1.82, 2.24) is 0 Å². The van der Waals surface area contributed by atoms with Crippen LogP contribution in [0.3, 0.4) is 0 Å². The lowest BCUT2D eigenvalue weighted by molar-refractivity contribution is -0.142. The second-order valence-electron chi connectivity index (χ2n) is 22.9. The van der Waals surface area contributed by atoms with Gasteiger partial charge in [0.05, 0.1) is 30.8 Å². The van der Waals surface area contributed by atoms with Gasteiger partial charge in [-0.1, -0.05) is 193 Å². The molecule has 0 aromatic rings. The van der Waals surface area contributed by atoms with Crippen LogP contribution in [0.25, 0.3) is 0 Å². The van der Waals surface area contributed by atoms with E-state index in [4.69, 9.17) is 35.0 Å². The fraction of sp³-hybridized carbons (Fsp3) is 0.819. The molecule has 0 atom stereocenters. The quantitative estimate of drug-likeness (QED) is 0.0215. The number of carbonyl (C=O) groups excluding carboxylic acids is 8. The lowest BCUT2D eigenvalue weighted by atomic mass is 9.83. The fourth-order valence-corrected chi connectivity index (χ4v) is 7.06. The number of ether oxygens (including phenoxy) is 2. The molecule has 0 aliphatic heterocycles. The zero-order chi connectivity index (χ0) is 64.9. The van der Waals surface area contributed by atoms with E-state index in [2.05, 4.69) is 0 Å². The maximum absolute atomic E-state index is 11.8. The molecular formula is C72H152O20S2. The first kappa shape index (κ1) is 133. The minimum atomic E-state index is -1.11. The Kier molecular flexibility index (Phi) is 105. The topological polar surface area (TPSA) is 342 Å². The van der Waals surface area contributed by atoms with Crippen LogP contribution < -0.4 is 0 Å². The molecule has 0 aliphatic carbocycles. The summed E-state index contributed by atoms with van der Waals surface area (Å²) in [5.41, 5.74) is -1.49. The van der Waals surface area contributed by atoms with Crippen molar-refractivity contribution < 1.29 is 97.3 Å². The Morgan fingerprint density at radius 3 is 0.787 bits per heavy atom. The lowest BCUT2D eigenvalue weighted by Crippen LogP contribution is -2.24. The maximum atomic E-state index is 11.8. The zero-order valence-corrected chi connectivity index (χ0v) is 53.9. The third kappa shape index (κ3) is 79.8. The fourth-order valence-electron chi connectivity index (χ4n) is 5.84. The van der Waals surface area contributed by atoms with Gasteiger partial charge in [0.15, 0.2) is 0 Å². The van der Waals surface area contributed by atoms with Gasteiger partial charge in [0.1, 0.15) is 65.5 Å². The van der Waals surface area contributed by atoms with Crippen molar-refractivity contribution in [2.75, 3.05) is 36.6 Å². The Labute approximate surface area is 585 Å². The van der Waals surface area contributed by atoms with E-state index in [1.165, 1.54) is 23.5 Å². The van der Waals surface area contributed by atoms with Gasteiger partial charge in [-0.2, -0.15) is 0 Å². The van der Waals surface area contributed by atoms with Crippen molar-refractivity contribution in [1.29, 1.82) is 0 Å². The molecule has 0 fully saturated rings. The summed E-state index contributed by atoms with van der Waals surface area (Å²) in [6.07, 6.45) is 7.69. The first-order valence-corrected chi connectivity index (χ1v) is 30.6. The standard InChI is InChI=1S/C14H24O5S.C13H22O4.C12H20O4.C11H20O4S.C10H18O3.12CH4/c1-4-14(2,3)12(16)5-7-19-10-20-8-6-11(15)9-13(17)18;1-4-13(2,3)11(15)8-6-5-7-10(14)9-12(16)17;1-4-12(2,3)10(14)7-5-6-9(13)8-11(15)16;1-4-11(2,3)9(12)5-6-15-8-16-7-10(13)14;1-4-10(2,3)8(11)6-5-7-9(12)13;;;;;;;;;;;;/h4-10H2,1-3H3,(H,17,18);4-9H2,1-3H3,(H,16,17);4-8H2,1-3H3,(H,15,16);4-8H2,1-3H3,(H,13,14);4-7H2,1-3H3,(H,12,13);12*1H4. The summed E-state index contributed by atoms with van der Waals surface area (Å²) in [5, 5.41) is 41.9. The van der Waals surface area contributed by atoms with Crippen LogP contribution in [0.4, 0.5) is 0 Å². The average Bonchev–Trinajstić information content (AvgIpc) is 3.37. The Balaban J connectivity index is -0.0000000512. The number of carboxylic acid groups (broad SMARTS) is 5. The number of unbranched alkanes of at least 4 members (excludes halogenated alkanes) is 1. The van der Waals surface area contributed by atoms with Crippen molar-refractivity contribution >= 4 is 99.6 Å². The van der Waals surface area contributed by atoms with Crippen molar-refractivity contribution in [2.24, 2.45) is 27.1 Å². The van der Waals surface area contributed by atoms with Crippen molar-refractivity contribution in [3.63, 3.8) is 0 Å². The molecule has 0 aromatic heterocycles.